The van der Waals surface area contributed by atoms with Crippen LogP contribution in [0.1, 0.15) is 52.9 Å². The van der Waals surface area contributed by atoms with Gasteiger partial charge in [0, 0.05) is 13.5 Å². The Labute approximate surface area is 200 Å². The molecule has 0 bridgehead atoms. The molecule has 1 aliphatic carbocycles. The van der Waals surface area contributed by atoms with Crippen molar-refractivity contribution in [1.29, 1.82) is 0 Å². The number of carbonyl (C=O) groups is 6. The van der Waals surface area contributed by atoms with Gasteiger partial charge in [-0.2, -0.15) is 0 Å². The highest BCUT2D eigenvalue weighted by Gasteiger charge is 2.53. The summed E-state index contributed by atoms with van der Waals surface area (Å²) in [6, 6.07) is -1.42. The Morgan fingerprint density at radius 2 is 1.64 bits per heavy atom. The molecule has 3 rings (SSSR count). The first-order valence-corrected chi connectivity index (χ1v) is 11.4. The van der Waals surface area contributed by atoms with E-state index in [-0.39, 0.29) is 12.3 Å². The molecule has 33 heavy (non-hydrogen) atoms. The normalized spacial score (nSPS) is 24.9. The van der Waals surface area contributed by atoms with Crippen LogP contribution in [0, 0.1) is 16.7 Å². The van der Waals surface area contributed by atoms with E-state index in [9.17, 15) is 28.8 Å². The molecular weight excluding hydrogens is 496 g/mol. The van der Waals surface area contributed by atoms with Gasteiger partial charge in [-0.1, -0.05) is 42.4 Å². The van der Waals surface area contributed by atoms with E-state index in [0.717, 1.165) is 36.2 Å². The highest BCUT2D eigenvalue weighted by molar-refractivity contribution is 9.11. The molecule has 11 heteroatoms. The van der Waals surface area contributed by atoms with Gasteiger partial charge < -0.3 is 0 Å². The van der Waals surface area contributed by atoms with Crippen LogP contribution >= 0.6 is 15.9 Å². The van der Waals surface area contributed by atoms with Crippen LogP contribution in [0.25, 0.3) is 0 Å². The largest absolute Gasteiger partial charge is 0.330 e. The lowest BCUT2D eigenvalue weighted by molar-refractivity contribution is -0.148. The van der Waals surface area contributed by atoms with E-state index < -0.39 is 46.5 Å². The number of rotatable bonds is 4. The first kappa shape index (κ1) is 26.4. The first-order chi connectivity index (χ1) is 15.3. The Bertz CT molecular complexity index is 937. The number of nitrogens with zero attached hydrogens (tertiary/aromatic N) is 1. The molecular formula is C22H29BrN4O6. The minimum absolute atomic E-state index is 0.162. The van der Waals surface area contributed by atoms with Crippen LogP contribution in [-0.4, -0.2) is 47.6 Å². The molecule has 0 saturated carbocycles. The number of amides is 8. The van der Waals surface area contributed by atoms with Crippen LogP contribution in [0.5, 0.6) is 0 Å². The van der Waals surface area contributed by atoms with E-state index in [1.54, 1.807) is 20.8 Å². The van der Waals surface area contributed by atoms with Gasteiger partial charge in [-0.3, -0.25) is 40.0 Å². The molecule has 1 atom stereocenters. The molecule has 3 N–H and O–H groups in total. The number of nitrogens with one attached hydrogen (secondary N) is 3. The lowest BCUT2D eigenvalue weighted by Crippen LogP contribution is -2.64. The van der Waals surface area contributed by atoms with Crippen molar-refractivity contribution in [2.24, 2.45) is 16.7 Å². The summed E-state index contributed by atoms with van der Waals surface area (Å²) in [5.41, 5.74) is -1.64. The Kier molecular flexibility index (Phi) is 8.00. The standard InChI is InChI=1S/C12H16N2O3.C10H13BrN2O3/c1-12(8-6-4-3-5-7-8)9(15)13-11(17)14(2)10(12)16;1-5(2)10(4-6(3)11)7(14)12-9(16)13-8(10)15/h6H,3-5,7H2,1-2H3,(H,13,15,17);5H,3-4H2,1-2H3,(H2,12,13,14,15,16). The highest BCUT2D eigenvalue weighted by Crippen LogP contribution is 2.38. The van der Waals surface area contributed by atoms with Crippen molar-refractivity contribution in [2.45, 2.75) is 52.9 Å². The highest BCUT2D eigenvalue weighted by atomic mass is 79.9. The van der Waals surface area contributed by atoms with E-state index in [4.69, 9.17) is 0 Å². The summed E-state index contributed by atoms with van der Waals surface area (Å²) in [6.45, 7) is 8.75. The number of imide groups is 4. The van der Waals surface area contributed by atoms with Crippen LogP contribution in [-0.2, 0) is 19.2 Å². The summed E-state index contributed by atoms with van der Waals surface area (Å²) in [7, 11) is 1.39. The fourth-order valence-electron chi connectivity index (χ4n) is 4.16. The molecule has 0 aromatic carbocycles. The quantitative estimate of drug-likeness (QED) is 0.381. The molecule has 8 amide bonds. The molecule has 0 aromatic heterocycles. The summed E-state index contributed by atoms with van der Waals surface area (Å²) in [4.78, 5) is 71.2. The van der Waals surface area contributed by atoms with Crippen LogP contribution in [0.3, 0.4) is 0 Å². The van der Waals surface area contributed by atoms with Crippen LogP contribution in [0.2, 0.25) is 0 Å². The maximum Gasteiger partial charge on any atom is 0.330 e. The zero-order valence-corrected chi connectivity index (χ0v) is 20.8. The summed E-state index contributed by atoms with van der Waals surface area (Å²) in [5, 5.41) is 6.46. The van der Waals surface area contributed by atoms with Gasteiger partial charge in [0.2, 0.25) is 23.6 Å². The molecule has 1 unspecified atom stereocenters. The van der Waals surface area contributed by atoms with Gasteiger partial charge in [0.05, 0.1) is 0 Å². The Morgan fingerprint density at radius 1 is 1.06 bits per heavy atom. The molecule has 0 radical (unpaired) electrons. The molecule has 2 aliphatic heterocycles. The zero-order chi connectivity index (χ0) is 25.1. The summed E-state index contributed by atoms with van der Waals surface area (Å²) < 4.78 is 0.542. The number of allylic oxidation sites excluding steroid dienone is 2. The third-order valence-electron chi connectivity index (χ3n) is 6.37. The molecule has 10 nitrogen and oxygen atoms in total. The van der Waals surface area contributed by atoms with Gasteiger partial charge in [-0.15, -0.1) is 0 Å². The van der Waals surface area contributed by atoms with Crippen molar-refractivity contribution in [2.75, 3.05) is 7.05 Å². The summed E-state index contributed by atoms with van der Waals surface area (Å²) in [6.07, 6.45) is 5.84. The maximum absolute atomic E-state index is 12.2. The van der Waals surface area contributed by atoms with Gasteiger partial charge in [0.15, 0.2) is 0 Å². The number of hydrogen-bond donors (Lipinski definition) is 3. The predicted molar refractivity (Wildman–Crippen MR) is 123 cm³/mol. The lowest BCUT2D eigenvalue weighted by Gasteiger charge is -2.37. The molecule has 180 valence electrons. The van der Waals surface area contributed by atoms with Crippen molar-refractivity contribution < 1.29 is 28.8 Å². The van der Waals surface area contributed by atoms with Crippen molar-refractivity contribution in [3.63, 3.8) is 0 Å². The fraction of sp³-hybridized carbons (Fsp3) is 0.545. The van der Waals surface area contributed by atoms with E-state index >= 15 is 0 Å². The van der Waals surface area contributed by atoms with Gasteiger partial charge in [0.25, 0.3) is 0 Å². The Morgan fingerprint density at radius 3 is 2.09 bits per heavy atom. The number of hydrogen-bond acceptors (Lipinski definition) is 6. The number of carbonyl (C=O) groups excluding carboxylic acids is 6. The average molecular weight is 525 g/mol. The van der Waals surface area contributed by atoms with E-state index in [2.05, 4.69) is 38.5 Å². The van der Waals surface area contributed by atoms with E-state index in [0.29, 0.717) is 4.48 Å². The van der Waals surface area contributed by atoms with Crippen molar-refractivity contribution in [3.8, 4) is 0 Å². The Balaban J connectivity index is 0.000000234. The fourth-order valence-corrected chi connectivity index (χ4v) is 4.60. The molecule has 2 fully saturated rings. The second kappa shape index (κ2) is 9.98. The number of barbiturate groups is 2. The third kappa shape index (κ3) is 4.92. The van der Waals surface area contributed by atoms with Gasteiger partial charge >= 0.3 is 12.1 Å². The van der Waals surface area contributed by atoms with Gasteiger partial charge in [-0.05, 0) is 48.6 Å². The zero-order valence-electron chi connectivity index (χ0n) is 19.2. The second-order valence-corrected chi connectivity index (χ2v) is 9.90. The van der Waals surface area contributed by atoms with Gasteiger partial charge in [-0.25, -0.2) is 9.59 Å². The second-order valence-electron chi connectivity index (χ2n) is 8.78. The minimum Gasteiger partial charge on any atom is -0.277 e. The summed E-state index contributed by atoms with van der Waals surface area (Å²) in [5.74, 6) is -2.32. The molecule has 2 saturated heterocycles. The van der Waals surface area contributed by atoms with Crippen molar-refractivity contribution >= 4 is 51.6 Å². The smallest absolute Gasteiger partial charge is 0.277 e. The van der Waals surface area contributed by atoms with E-state index in [1.165, 1.54) is 7.05 Å². The number of halogens is 1. The Hall–Kier alpha value is -2.82. The maximum atomic E-state index is 12.2. The van der Waals surface area contributed by atoms with E-state index in [1.807, 2.05) is 6.08 Å². The SMILES string of the molecule is C=C(Br)CC1(C(C)C)C(=O)NC(=O)NC1=O.CN1C(=O)NC(=O)C(C)(C2=CCCCC2)C1=O. The topological polar surface area (TPSA) is 142 Å². The van der Waals surface area contributed by atoms with Crippen molar-refractivity contribution in [1.82, 2.24) is 20.9 Å². The molecule has 3 aliphatic rings. The van der Waals surface area contributed by atoms with Crippen molar-refractivity contribution in [3.05, 3.63) is 22.7 Å². The average Bonchev–Trinajstić information content (AvgIpc) is 2.74. The predicted octanol–water partition coefficient (Wildman–Crippen LogP) is 2.49. The minimum atomic E-state index is -1.27. The summed E-state index contributed by atoms with van der Waals surface area (Å²) >= 11 is 3.14. The van der Waals surface area contributed by atoms with Crippen LogP contribution < -0.4 is 16.0 Å². The first-order valence-electron chi connectivity index (χ1n) is 10.6. The molecule has 0 spiro atoms. The van der Waals surface area contributed by atoms with Crippen LogP contribution in [0.4, 0.5) is 9.59 Å². The molecule has 0 aromatic rings. The monoisotopic (exact) mass is 524 g/mol. The molecule has 2 heterocycles. The third-order valence-corrected chi connectivity index (χ3v) is 6.65. The lowest BCUT2D eigenvalue weighted by atomic mass is 9.72. The number of urea groups is 2. The van der Waals surface area contributed by atoms with Gasteiger partial charge in [0.1, 0.15) is 10.8 Å². The van der Waals surface area contributed by atoms with Crippen LogP contribution in [0.15, 0.2) is 22.7 Å².